The number of Topliss-reactive ketones (excluding diaryl/α,β-unsaturated/α-hetero) is 1. The zero-order chi connectivity index (χ0) is 20.4. The number of carbonyl (C=O) groups is 1. The molecule has 0 unspecified atom stereocenters. The van der Waals surface area contributed by atoms with Gasteiger partial charge in [0.25, 0.3) is 0 Å². The topological polar surface area (TPSA) is 104 Å². The molecule has 3 heterocycles. The number of aromatic amines is 1. The number of hydrogen-bond acceptors (Lipinski definition) is 8. The summed E-state index contributed by atoms with van der Waals surface area (Å²) in [5, 5.41) is 26.2. The number of benzene rings is 1. The number of nitrogens with one attached hydrogen (secondary N) is 1. The number of H-pyrrole nitrogens is 1. The summed E-state index contributed by atoms with van der Waals surface area (Å²) >= 11 is 2.76. The zero-order valence-electron chi connectivity index (χ0n) is 15.7. The Kier molecular flexibility index (Phi) is 5.32. The SMILES string of the molecule is CC(=NCC(=O)c1ccc(-c2nn[nH]n2)s1)c1csc(-c2ccc(C)cc2)c1O. The minimum atomic E-state index is -0.0995. The second-order valence-corrected chi connectivity index (χ2v) is 8.38. The summed E-state index contributed by atoms with van der Waals surface area (Å²) in [6, 6.07) is 11.5. The van der Waals surface area contributed by atoms with E-state index in [9.17, 15) is 9.90 Å². The first-order valence-corrected chi connectivity index (χ1v) is 10.5. The van der Waals surface area contributed by atoms with Crippen molar-refractivity contribution >= 4 is 34.2 Å². The maximum Gasteiger partial charge on any atom is 0.214 e. The molecule has 9 heteroatoms. The van der Waals surface area contributed by atoms with E-state index < -0.39 is 0 Å². The second-order valence-electron chi connectivity index (χ2n) is 6.42. The number of nitrogens with zero attached hydrogens (tertiary/aromatic N) is 4. The summed E-state index contributed by atoms with van der Waals surface area (Å²) in [6.07, 6.45) is 0. The maximum absolute atomic E-state index is 12.5. The normalized spacial score (nSPS) is 11.7. The Hall–Kier alpha value is -3.17. The molecule has 4 rings (SSSR count). The third-order valence-corrected chi connectivity index (χ3v) is 6.52. The molecule has 29 heavy (non-hydrogen) atoms. The van der Waals surface area contributed by atoms with Crippen LogP contribution in [0, 0.1) is 6.92 Å². The Bertz CT molecular complexity index is 1170. The molecule has 7 nitrogen and oxygen atoms in total. The monoisotopic (exact) mass is 423 g/mol. The van der Waals surface area contributed by atoms with Gasteiger partial charge in [0.05, 0.1) is 14.6 Å². The third-order valence-electron chi connectivity index (χ3n) is 4.37. The van der Waals surface area contributed by atoms with Gasteiger partial charge in [-0.2, -0.15) is 5.21 Å². The highest BCUT2D eigenvalue weighted by Gasteiger charge is 2.16. The van der Waals surface area contributed by atoms with Gasteiger partial charge in [0, 0.05) is 16.7 Å². The van der Waals surface area contributed by atoms with E-state index in [0.29, 0.717) is 22.0 Å². The van der Waals surface area contributed by atoms with Crippen LogP contribution in [0.15, 0.2) is 46.8 Å². The molecule has 3 aromatic heterocycles. The van der Waals surface area contributed by atoms with Crippen molar-refractivity contribution in [2.24, 2.45) is 4.99 Å². The summed E-state index contributed by atoms with van der Waals surface area (Å²) in [7, 11) is 0. The van der Waals surface area contributed by atoms with Crippen molar-refractivity contribution < 1.29 is 9.90 Å². The average molecular weight is 424 g/mol. The van der Waals surface area contributed by atoms with Crippen molar-refractivity contribution in [1.29, 1.82) is 0 Å². The molecule has 146 valence electrons. The van der Waals surface area contributed by atoms with Gasteiger partial charge in [0.15, 0.2) is 5.78 Å². The number of hydrogen-bond donors (Lipinski definition) is 2. The van der Waals surface area contributed by atoms with Gasteiger partial charge in [-0.05, 0) is 36.8 Å². The summed E-state index contributed by atoms with van der Waals surface area (Å²) < 4.78 is 0. The lowest BCUT2D eigenvalue weighted by atomic mass is 10.1. The third kappa shape index (κ3) is 4.01. The van der Waals surface area contributed by atoms with Crippen molar-refractivity contribution in [1.82, 2.24) is 20.6 Å². The predicted molar refractivity (Wildman–Crippen MR) is 115 cm³/mol. The van der Waals surface area contributed by atoms with Crippen molar-refractivity contribution in [2.75, 3.05) is 6.54 Å². The van der Waals surface area contributed by atoms with Crippen molar-refractivity contribution in [3.05, 3.63) is 57.8 Å². The van der Waals surface area contributed by atoms with E-state index in [4.69, 9.17) is 0 Å². The standard InChI is InChI=1S/C20H17N5O2S2/c1-11-3-5-13(6-4-11)19-18(27)14(10-28-19)12(2)21-9-15(26)16-7-8-17(29-16)20-22-24-25-23-20/h3-8,10,27H,9H2,1-2H3,(H,22,23,24,25). The van der Waals surface area contributed by atoms with E-state index >= 15 is 0 Å². The molecule has 1 aromatic carbocycles. The van der Waals surface area contributed by atoms with Crippen LogP contribution in [-0.4, -0.2) is 43.8 Å². The molecule has 0 aliphatic heterocycles. The van der Waals surface area contributed by atoms with E-state index in [-0.39, 0.29) is 18.1 Å². The van der Waals surface area contributed by atoms with Gasteiger partial charge < -0.3 is 5.11 Å². The first-order valence-electron chi connectivity index (χ1n) is 8.78. The van der Waals surface area contributed by atoms with Crippen LogP contribution in [0.1, 0.15) is 27.7 Å². The second kappa shape index (κ2) is 8.06. The number of aryl methyl sites for hydroxylation is 1. The van der Waals surface area contributed by atoms with Gasteiger partial charge in [-0.25, -0.2) is 0 Å². The van der Waals surface area contributed by atoms with Crippen LogP contribution >= 0.6 is 22.7 Å². The molecular weight excluding hydrogens is 406 g/mol. The van der Waals surface area contributed by atoms with Crippen LogP contribution in [0.4, 0.5) is 0 Å². The van der Waals surface area contributed by atoms with Crippen LogP contribution in [0.3, 0.4) is 0 Å². The number of thiophene rings is 2. The van der Waals surface area contributed by atoms with Crippen LogP contribution < -0.4 is 0 Å². The summed E-state index contributed by atoms with van der Waals surface area (Å²) in [6.45, 7) is 3.83. The number of rotatable bonds is 6. The highest BCUT2D eigenvalue weighted by atomic mass is 32.1. The van der Waals surface area contributed by atoms with Gasteiger partial charge in [-0.3, -0.25) is 9.79 Å². The van der Waals surface area contributed by atoms with Gasteiger partial charge in [-0.15, -0.1) is 32.9 Å². The first kappa shape index (κ1) is 19.2. The highest BCUT2D eigenvalue weighted by molar-refractivity contribution is 7.17. The molecule has 4 aromatic rings. The Morgan fingerprint density at radius 1 is 1.21 bits per heavy atom. The molecule has 0 fully saturated rings. The summed E-state index contributed by atoms with van der Waals surface area (Å²) in [4.78, 5) is 19.0. The van der Waals surface area contributed by atoms with Crippen LogP contribution in [0.25, 0.3) is 21.1 Å². The fourth-order valence-electron chi connectivity index (χ4n) is 2.75. The van der Waals surface area contributed by atoms with E-state index in [1.807, 2.05) is 36.6 Å². The maximum atomic E-state index is 12.5. The van der Waals surface area contributed by atoms with E-state index in [1.54, 1.807) is 19.1 Å². The van der Waals surface area contributed by atoms with E-state index in [1.165, 1.54) is 22.7 Å². The first-order chi connectivity index (χ1) is 14.0. The number of aromatic hydroxyl groups is 1. The molecule has 0 amide bonds. The lowest BCUT2D eigenvalue weighted by Gasteiger charge is -2.02. The van der Waals surface area contributed by atoms with Gasteiger partial charge in [-0.1, -0.05) is 29.8 Å². The molecule has 0 aliphatic carbocycles. The Labute approximate surface area is 174 Å². The number of aromatic nitrogens is 4. The molecule has 0 radical (unpaired) electrons. The Balaban J connectivity index is 1.49. The Morgan fingerprint density at radius 2 is 2.00 bits per heavy atom. The summed E-state index contributed by atoms with van der Waals surface area (Å²) in [5.74, 6) is 0.557. The fourth-order valence-corrected chi connectivity index (χ4v) is 4.62. The minimum Gasteiger partial charge on any atom is -0.506 e. The van der Waals surface area contributed by atoms with Crippen molar-refractivity contribution in [3.63, 3.8) is 0 Å². The molecule has 0 aliphatic rings. The summed E-state index contributed by atoms with van der Waals surface area (Å²) in [5.41, 5.74) is 3.40. The molecule has 0 atom stereocenters. The van der Waals surface area contributed by atoms with Crippen molar-refractivity contribution in [2.45, 2.75) is 13.8 Å². The van der Waals surface area contributed by atoms with Crippen molar-refractivity contribution in [3.8, 4) is 26.9 Å². The largest absolute Gasteiger partial charge is 0.506 e. The molecule has 0 bridgehead atoms. The van der Waals surface area contributed by atoms with E-state index in [0.717, 1.165) is 20.9 Å². The molecule has 0 spiro atoms. The van der Waals surface area contributed by atoms with Gasteiger partial charge in [0.1, 0.15) is 12.3 Å². The predicted octanol–water partition coefficient (Wildman–Crippen LogP) is 4.36. The average Bonchev–Trinajstić information content (AvgIpc) is 3.47. The quantitative estimate of drug-likeness (QED) is 0.354. The van der Waals surface area contributed by atoms with Gasteiger partial charge in [0.2, 0.25) is 5.82 Å². The molecule has 2 N–H and O–H groups in total. The van der Waals surface area contributed by atoms with E-state index in [2.05, 4.69) is 25.6 Å². The van der Waals surface area contributed by atoms with Crippen LogP contribution in [0.5, 0.6) is 5.75 Å². The van der Waals surface area contributed by atoms with Gasteiger partial charge >= 0.3 is 0 Å². The number of aliphatic imine (C=N–C) groups is 1. The fraction of sp³-hybridized carbons (Fsp3) is 0.150. The number of ketones is 1. The molecule has 0 saturated heterocycles. The highest BCUT2D eigenvalue weighted by Crippen LogP contribution is 2.38. The lowest BCUT2D eigenvalue weighted by Crippen LogP contribution is -2.04. The lowest BCUT2D eigenvalue weighted by molar-refractivity contribution is 0.101. The zero-order valence-corrected chi connectivity index (χ0v) is 17.3. The van der Waals surface area contributed by atoms with Crippen LogP contribution in [-0.2, 0) is 0 Å². The van der Waals surface area contributed by atoms with Crippen LogP contribution in [0.2, 0.25) is 0 Å². The number of carbonyl (C=O) groups excluding carboxylic acids is 1. The minimum absolute atomic E-state index is 0.00713. The smallest absolute Gasteiger partial charge is 0.214 e. The molecular formula is C20H17N5O2S2. The molecule has 0 saturated carbocycles. The Morgan fingerprint density at radius 3 is 2.72 bits per heavy atom. The number of tetrazole rings is 1.